The van der Waals surface area contributed by atoms with Gasteiger partial charge in [-0.05, 0) is 61.1 Å². The highest BCUT2D eigenvalue weighted by Crippen LogP contribution is 2.31. The van der Waals surface area contributed by atoms with Crippen molar-refractivity contribution >= 4 is 33.7 Å². The lowest BCUT2D eigenvalue weighted by Gasteiger charge is -2.31. The van der Waals surface area contributed by atoms with Crippen molar-refractivity contribution < 1.29 is 45.4 Å². The second-order valence-corrected chi connectivity index (χ2v) is 13.1. The van der Waals surface area contributed by atoms with Crippen LogP contribution in [0.25, 0.3) is 0 Å². The Morgan fingerprint density at radius 3 is 1.86 bits per heavy atom. The number of benzene rings is 3. The number of alkyl halides is 3. The molecule has 0 saturated heterocycles. The van der Waals surface area contributed by atoms with E-state index in [2.05, 4.69) is 5.32 Å². The van der Waals surface area contributed by atoms with Crippen molar-refractivity contribution in [1.82, 2.24) is 14.9 Å². The summed E-state index contributed by atoms with van der Waals surface area (Å²) >= 11 is 0. The molecule has 0 aliphatic heterocycles. The van der Waals surface area contributed by atoms with Crippen molar-refractivity contribution in [1.29, 1.82) is 0 Å². The molecule has 0 unspecified atom stereocenters. The Morgan fingerprint density at radius 2 is 1.39 bits per heavy atom. The van der Waals surface area contributed by atoms with Crippen molar-refractivity contribution in [2.75, 3.05) is 26.5 Å². The lowest BCUT2D eigenvalue weighted by molar-refractivity contribution is -0.164. The van der Waals surface area contributed by atoms with E-state index >= 15 is 0 Å². The minimum absolute atomic E-state index is 0.118. The number of sulfonamides is 1. The van der Waals surface area contributed by atoms with Gasteiger partial charge in [0.2, 0.25) is 15.9 Å². The van der Waals surface area contributed by atoms with Crippen LogP contribution in [0.1, 0.15) is 49.7 Å². The van der Waals surface area contributed by atoms with Crippen LogP contribution < -0.4 is 16.4 Å². The first-order valence-electron chi connectivity index (χ1n) is 15.5. The van der Waals surface area contributed by atoms with Gasteiger partial charge in [-0.15, -0.1) is 0 Å². The van der Waals surface area contributed by atoms with Crippen LogP contribution in [0.5, 0.6) is 0 Å². The van der Waals surface area contributed by atoms with Gasteiger partial charge in [-0.25, -0.2) is 13.2 Å². The summed E-state index contributed by atoms with van der Waals surface area (Å²) in [6.45, 7) is 1.57. The molecule has 0 aromatic heterocycles. The number of alkyl carbamates (subject to hydrolysis) is 1. The summed E-state index contributed by atoms with van der Waals surface area (Å²) in [5, 5.41) is 4.44. The molecule has 11 nitrogen and oxygen atoms in total. The molecular formula is C34H41F3N4O7S. The van der Waals surface area contributed by atoms with Crippen molar-refractivity contribution in [2.45, 2.75) is 67.7 Å². The van der Waals surface area contributed by atoms with Crippen LogP contribution in [-0.4, -0.2) is 75.8 Å². The number of hydrogen-bond acceptors (Lipinski definition) is 8. The number of anilines is 1. The molecule has 0 aliphatic carbocycles. The maximum atomic E-state index is 14.5. The van der Waals surface area contributed by atoms with E-state index in [0.717, 1.165) is 18.5 Å². The van der Waals surface area contributed by atoms with Gasteiger partial charge in [-0.1, -0.05) is 67.6 Å². The quantitative estimate of drug-likeness (QED) is 0.139. The first-order valence-corrected chi connectivity index (χ1v) is 16.9. The van der Waals surface area contributed by atoms with E-state index in [1.807, 2.05) is 5.32 Å². The van der Waals surface area contributed by atoms with E-state index in [4.69, 9.17) is 15.2 Å². The van der Waals surface area contributed by atoms with Crippen LogP contribution >= 0.6 is 0 Å². The number of rotatable bonds is 16. The molecule has 3 rings (SSSR count). The first-order chi connectivity index (χ1) is 23.2. The van der Waals surface area contributed by atoms with Gasteiger partial charge in [0.05, 0.1) is 19.1 Å². The minimum Gasteiger partial charge on any atom is -0.468 e. The zero-order valence-electron chi connectivity index (χ0n) is 27.4. The third-order valence-electron chi connectivity index (χ3n) is 7.83. The molecule has 0 spiro atoms. The number of methoxy groups -OCH3 is 2. The van der Waals surface area contributed by atoms with Crippen molar-refractivity contribution in [3.63, 3.8) is 0 Å². The Bertz CT molecular complexity index is 1590. The summed E-state index contributed by atoms with van der Waals surface area (Å²) in [6, 6.07) is 16.9. The number of amides is 2. The largest absolute Gasteiger partial charge is 0.468 e. The molecule has 0 radical (unpaired) electrons. The van der Waals surface area contributed by atoms with E-state index in [1.54, 1.807) is 67.6 Å². The number of nitrogens with zero attached hydrogens (tertiary/aromatic N) is 1. The Morgan fingerprint density at radius 1 is 0.837 bits per heavy atom. The number of esters is 1. The molecule has 3 aromatic rings. The Balaban J connectivity index is 1.91. The summed E-state index contributed by atoms with van der Waals surface area (Å²) in [6.07, 6.45) is -7.07. The van der Waals surface area contributed by atoms with E-state index in [9.17, 15) is 36.0 Å². The highest BCUT2D eigenvalue weighted by atomic mass is 32.2. The number of nitrogen functional groups attached to an aromatic ring is 1. The molecule has 0 aliphatic rings. The first kappa shape index (κ1) is 38.8. The number of nitrogens with two attached hydrogens (primary N) is 1. The Hall–Kier alpha value is -4.63. The summed E-state index contributed by atoms with van der Waals surface area (Å²) in [4.78, 5) is 38.9. The van der Waals surface area contributed by atoms with E-state index in [-0.39, 0.29) is 24.3 Å². The normalized spacial score (nSPS) is 13.7. The number of carbonyl (C=O) groups is 3. The predicted octanol–water partition coefficient (Wildman–Crippen LogP) is 4.99. The van der Waals surface area contributed by atoms with Crippen molar-refractivity contribution in [3.8, 4) is 0 Å². The second kappa shape index (κ2) is 17.7. The van der Waals surface area contributed by atoms with Gasteiger partial charge < -0.3 is 25.8 Å². The molecule has 4 N–H and O–H groups in total. The number of halogens is 3. The molecule has 0 saturated carbocycles. The van der Waals surface area contributed by atoms with Crippen molar-refractivity contribution in [3.05, 3.63) is 96.1 Å². The van der Waals surface area contributed by atoms with E-state index in [0.29, 0.717) is 23.2 Å². The molecule has 15 heteroatoms. The monoisotopic (exact) mass is 706 g/mol. The molecule has 3 atom stereocenters. The van der Waals surface area contributed by atoms with Gasteiger partial charge in [0.15, 0.2) is 0 Å². The third-order valence-corrected chi connectivity index (χ3v) is 9.75. The summed E-state index contributed by atoms with van der Waals surface area (Å²) in [7, 11) is -2.17. The van der Waals surface area contributed by atoms with Crippen LogP contribution in [0.15, 0.2) is 89.8 Å². The number of carbonyl (C=O) groups excluding carboxylic acids is 3. The molecule has 3 aromatic carbocycles. The smallest absolute Gasteiger partial charge is 0.408 e. The lowest BCUT2D eigenvalue weighted by Crippen LogP contribution is -2.55. The second-order valence-electron chi connectivity index (χ2n) is 11.2. The van der Waals surface area contributed by atoms with Gasteiger partial charge in [0, 0.05) is 18.2 Å². The Kier molecular flexibility index (Phi) is 14.0. The maximum absolute atomic E-state index is 14.5. The highest BCUT2D eigenvalue weighted by Gasteiger charge is 2.44. The zero-order chi connectivity index (χ0) is 36.2. The predicted molar refractivity (Wildman–Crippen MR) is 177 cm³/mol. The number of ether oxygens (including phenoxy) is 2. The summed E-state index contributed by atoms with van der Waals surface area (Å²) in [5.41, 5.74) is 7.10. The van der Waals surface area contributed by atoms with Gasteiger partial charge in [-0.3, -0.25) is 9.59 Å². The Labute approximate surface area is 284 Å². The zero-order valence-corrected chi connectivity index (χ0v) is 28.2. The molecule has 2 amide bonds. The van der Waals surface area contributed by atoms with Gasteiger partial charge in [0.25, 0.3) is 0 Å². The van der Waals surface area contributed by atoms with Crippen LogP contribution in [0.2, 0.25) is 0 Å². The summed E-state index contributed by atoms with van der Waals surface area (Å²) in [5.74, 6) is -2.98. The topological polar surface area (TPSA) is 157 Å². The average molecular weight is 707 g/mol. The average Bonchev–Trinajstić information content (AvgIpc) is 3.08. The minimum atomic E-state index is -4.94. The fourth-order valence-corrected chi connectivity index (χ4v) is 7.13. The number of hydrogen-bond donors (Lipinski definition) is 3. The SMILES string of the molecule is CCCN([C@@H](CCC[C@@H](NC(=O)[C@@H](NC(=O)OC)C(c1ccccc1)c1ccccc1)C(F)(F)F)C(=O)OC)S(=O)(=O)c1ccc(N)cc1. The van der Waals surface area contributed by atoms with Crippen LogP contribution in [0.3, 0.4) is 0 Å². The van der Waals surface area contributed by atoms with E-state index < -0.39 is 64.6 Å². The van der Waals surface area contributed by atoms with Crippen LogP contribution in [0.4, 0.5) is 23.7 Å². The fourth-order valence-electron chi connectivity index (χ4n) is 5.43. The van der Waals surface area contributed by atoms with Gasteiger partial charge >= 0.3 is 18.2 Å². The lowest BCUT2D eigenvalue weighted by atomic mass is 9.84. The maximum Gasteiger partial charge on any atom is 0.408 e. The molecule has 49 heavy (non-hydrogen) atoms. The number of nitrogens with one attached hydrogen (secondary N) is 2. The molecule has 0 bridgehead atoms. The fraction of sp³-hybridized carbons (Fsp3) is 0.382. The molecule has 266 valence electrons. The molecule has 0 fully saturated rings. The molecule has 0 heterocycles. The van der Waals surface area contributed by atoms with Crippen molar-refractivity contribution in [2.24, 2.45) is 0 Å². The van der Waals surface area contributed by atoms with Gasteiger partial charge in [0.1, 0.15) is 18.1 Å². The van der Waals surface area contributed by atoms with Crippen LogP contribution in [-0.2, 0) is 29.1 Å². The highest BCUT2D eigenvalue weighted by molar-refractivity contribution is 7.89. The van der Waals surface area contributed by atoms with Crippen LogP contribution in [0, 0.1) is 0 Å². The molecular weight excluding hydrogens is 665 g/mol. The third kappa shape index (κ3) is 10.4. The summed E-state index contributed by atoms with van der Waals surface area (Å²) < 4.78 is 81.0. The standard InChI is InChI=1S/C34H41F3N4O7S/c1-4-22-41(49(45,46)26-20-18-25(38)19-21-26)27(32(43)47-2)16-11-17-28(34(35,36)37)39-31(42)30(40-33(44)48-3)29(23-12-7-5-8-13-23)24-14-9-6-10-15-24/h5-10,12-15,18-21,27-30H,4,11,16-17,22,38H2,1-3H3,(H,39,42)(H,40,44)/t27-,28+,30-/m0/s1. The van der Waals surface area contributed by atoms with Gasteiger partial charge in [-0.2, -0.15) is 17.5 Å². The van der Waals surface area contributed by atoms with E-state index in [1.165, 1.54) is 24.3 Å².